The van der Waals surface area contributed by atoms with Gasteiger partial charge in [0.2, 0.25) is 0 Å². The number of aliphatic carboxylic acids is 1. The Labute approximate surface area is 121 Å². The smallest absolute Gasteiger partial charge is 0.317 e. The summed E-state index contributed by atoms with van der Waals surface area (Å²) in [4.78, 5) is 24.9. The maximum atomic E-state index is 12.2. The first-order chi connectivity index (χ1) is 9.23. The first kappa shape index (κ1) is 16.8. The summed E-state index contributed by atoms with van der Waals surface area (Å²) >= 11 is 0. The van der Waals surface area contributed by atoms with E-state index in [4.69, 9.17) is 5.11 Å². The molecule has 0 spiro atoms. The highest BCUT2D eigenvalue weighted by Gasteiger charge is 2.28. The summed E-state index contributed by atoms with van der Waals surface area (Å²) in [5.74, 6) is -0.442. The molecule has 1 fully saturated rings. The van der Waals surface area contributed by atoms with Gasteiger partial charge in [0.15, 0.2) is 0 Å². The maximum Gasteiger partial charge on any atom is 0.317 e. The van der Waals surface area contributed by atoms with Crippen molar-refractivity contribution < 1.29 is 14.7 Å². The lowest BCUT2D eigenvalue weighted by Crippen LogP contribution is -2.49. The lowest BCUT2D eigenvalue weighted by Gasteiger charge is -2.33. The Balaban J connectivity index is 2.46. The van der Waals surface area contributed by atoms with Crippen LogP contribution in [0.5, 0.6) is 0 Å². The number of carbonyl (C=O) groups is 2. The Bertz CT molecular complexity index is 342. The number of amides is 2. The molecular formula is C15H28N2O3. The Morgan fingerprint density at radius 2 is 1.75 bits per heavy atom. The van der Waals surface area contributed by atoms with Gasteiger partial charge in [0.1, 0.15) is 0 Å². The largest absolute Gasteiger partial charge is 0.481 e. The molecule has 2 amide bonds. The molecule has 0 bridgehead atoms. The Hall–Kier alpha value is -1.26. The van der Waals surface area contributed by atoms with Crippen molar-refractivity contribution in [2.45, 2.75) is 58.9 Å². The van der Waals surface area contributed by atoms with Gasteiger partial charge in [0.05, 0.1) is 5.92 Å². The predicted octanol–water partition coefficient (Wildman–Crippen LogP) is 2.71. The SMILES string of the molecule is CCN(C[C@H]1CC[C@H](C(=O)O)CC1)C(=O)NC(C)(C)C. The van der Waals surface area contributed by atoms with Crippen molar-refractivity contribution in [1.29, 1.82) is 0 Å². The van der Waals surface area contributed by atoms with Gasteiger partial charge in [0, 0.05) is 18.6 Å². The molecule has 0 atom stereocenters. The molecule has 0 aromatic heterocycles. The molecular weight excluding hydrogens is 256 g/mol. The normalized spacial score (nSPS) is 23.2. The molecule has 1 rings (SSSR count). The number of hydrogen-bond acceptors (Lipinski definition) is 2. The van der Waals surface area contributed by atoms with Crippen LogP contribution in [0.1, 0.15) is 53.4 Å². The molecule has 0 heterocycles. The van der Waals surface area contributed by atoms with Crippen LogP contribution in [0.3, 0.4) is 0 Å². The van der Waals surface area contributed by atoms with Crippen molar-refractivity contribution >= 4 is 12.0 Å². The van der Waals surface area contributed by atoms with Gasteiger partial charge in [-0.3, -0.25) is 4.79 Å². The van der Waals surface area contributed by atoms with Gasteiger partial charge in [-0.2, -0.15) is 0 Å². The van der Waals surface area contributed by atoms with Crippen LogP contribution >= 0.6 is 0 Å². The molecule has 0 aliphatic heterocycles. The number of carboxylic acid groups (broad SMARTS) is 1. The van der Waals surface area contributed by atoms with E-state index >= 15 is 0 Å². The van der Waals surface area contributed by atoms with E-state index in [2.05, 4.69) is 5.32 Å². The van der Waals surface area contributed by atoms with Gasteiger partial charge < -0.3 is 15.3 Å². The predicted molar refractivity (Wildman–Crippen MR) is 78.6 cm³/mol. The Kier molecular flexibility index (Phi) is 5.84. The number of nitrogens with one attached hydrogen (secondary N) is 1. The third kappa shape index (κ3) is 5.39. The van der Waals surface area contributed by atoms with E-state index in [9.17, 15) is 9.59 Å². The minimum atomic E-state index is -0.679. The lowest BCUT2D eigenvalue weighted by molar-refractivity contribution is -0.143. The molecule has 20 heavy (non-hydrogen) atoms. The molecule has 5 nitrogen and oxygen atoms in total. The van der Waals surface area contributed by atoms with E-state index in [1.165, 1.54) is 0 Å². The molecule has 2 N–H and O–H groups in total. The minimum Gasteiger partial charge on any atom is -0.481 e. The van der Waals surface area contributed by atoms with Gasteiger partial charge in [-0.15, -0.1) is 0 Å². The monoisotopic (exact) mass is 284 g/mol. The number of nitrogens with zero attached hydrogens (tertiary/aromatic N) is 1. The number of carboxylic acids is 1. The summed E-state index contributed by atoms with van der Waals surface area (Å²) in [5.41, 5.74) is -0.231. The molecule has 1 saturated carbocycles. The third-order valence-electron chi connectivity index (χ3n) is 3.83. The molecule has 1 aliphatic carbocycles. The highest BCUT2D eigenvalue weighted by atomic mass is 16.4. The van der Waals surface area contributed by atoms with E-state index in [0.29, 0.717) is 12.5 Å². The van der Waals surface area contributed by atoms with E-state index < -0.39 is 5.97 Å². The third-order valence-corrected chi connectivity index (χ3v) is 3.83. The summed E-state index contributed by atoms with van der Waals surface area (Å²) in [7, 11) is 0. The Morgan fingerprint density at radius 3 is 2.15 bits per heavy atom. The lowest BCUT2D eigenvalue weighted by atomic mass is 9.82. The fraction of sp³-hybridized carbons (Fsp3) is 0.867. The van der Waals surface area contributed by atoms with Crippen LogP contribution in [0, 0.1) is 11.8 Å². The molecule has 116 valence electrons. The van der Waals surface area contributed by atoms with Gasteiger partial charge in [0.25, 0.3) is 0 Å². The van der Waals surface area contributed by atoms with Crippen molar-refractivity contribution in [2.24, 2.45) is 11.8 Å². The first-order valence-corrected chi connectivity index (χ1v) is 7.52. The molecule has 1 aliphatic rings. The standard InChI is InChI=1S/C15H28N2O3/c1-5-17(14(20)16-15(2,3)4)10-11-6-8-12(9-7-11)13(18)19/h11-12H,5-10H2,1-4H3,(H,16,20)(H,18,19)/t11-,12-. The zero-order chi connectivity index (χ0) is 15.3. The van der Waals surface area contributed by atoms with Crippen LogP contribution in [0.2, 0.25) is 0 Å². The molecule has 0 aromatic carbocycles. The van der Waals surface area contributed by atoms with Gasteiger partial charge in [-0.05, 0) is 59.3 Å². The van der Waals surface area contributed by atoms with Crippen molar-refractivity contribution in [3.05, 3.63) is 0 Å². The van der Waals surface area contributed by atoms with Crippen LogP contribution in [-0.2, 0) is 4.79 Å². The number of rotatable bonds is 4. The van der Waals surface area contributed by atoms with Crippen LogP contribution in [0.25, 0.3) is 0 Å². The molecule has 0 saturated heterocycles. The van der Waals surface area contributed by atoms with E-state index in [1.807, 2.05) is 32.6 Å². The van der Waals surface area contributed by atoms with Gasteiger partial charge in [-0.25, -0.2) is 4.79 Å². The van der Waals surface area contributed by atoms with Crippen LogP contribution < -0.4 is 5.32 Å². The van der Waals surface area contributed by atoms with Crippen LogP contribution in [0.4, 0.5) is 4.79 Å². The van der Waals surface area contributed by atoms with E-state index in [1.54, 1.807) is 0 Å². The average Bonchev–Trinajstić information content (AvgIpc) is 2.34. The summed E-state index contributed by atoms with van der Waals surface area (Å²) in [6.45, 7) is 9.29. The molecule has 0 aromatic rings. The molecule has 0 unspecified atom stereocenters. The second kappa shape index (κ2) is 6.95. The van der Waals surface area contributed by atoms with Gasteiger partial charge in [-0.1, -0.05) is 0 Å². The van der Waals surface area contributed by atoms with Crippen molar-refractivity contribution in [1.82, 2.24) is 10.2 Å². The number of hydrogen-bond donors (Lipinski definition) is 2. The van der Waals surface area contributed by atoms with Crippen molar-refractivity contribution in [2.75, 3.05) is 13.1 Å². The first-order valence-electron chi connectivity index (χ1n) is 7.52. The minimum absolute atomic E-state index is 0.0274. The van der Waals surface area contributed by atoms with E-state index in [-0.39, 0.29) is 17.5 Å². The quantitative estimate of drug-likeness (QED) is 0.834. The van der Waals surface area contributed by atoms with Crippen LogP contribution in [-0.4, -0.2) is 40.6 Å². The summed E-state index contributed by atoms with van der Waals surface area (Å²) in [5, 5.41) is 12.0. The molecule has 5 heteroatoms. The summed E-state index contributed by atoms with van der Waals surface area (Å²) in [6.07, 6.45) is 3.27. The average molecular weight is 284 g/mol. The topological polar surface area (TPSA) is 69.6 Å². The van der Waals surface area contributed by atoms with Crippen LogP contribution in [0.15, 0.2) is 0 Å². The summed E-state index contributed by atoms with van der Waals surface area (Å²) in [6, 6.07) is -0.0274. The zero-order valence-electron chi connectivity index (χ0n) is 13.1. The highest BCUT2D eigenvalue weighted by Crippen LogP contribution is 2.29. The summed E-state index contributed by atoms with van der Waals surface area (Å²) < 4.78 is 0. The Morgan fingerprint density at radius 1 is 1.20 bits per heavy atom. The maximum absolute atomic E-state index is 12.2. The molecule has 0 radical (unpaired) electrons. The fourth-order valence-electron chi connectivity index (χ4n) is 2.66. The second-order valence-corrected chi connectivity index (χ2v) is 6.77. The highest BCUT2D eigenvalue weighted by molar-refractivity contribution is 5.75. The van der Waals surface area contributed by atoms with Gasteiger partial charge >= 0.3 is 12.0 Å². The van der Waals surface area contributed by atoms with Crippen molar-refractivity contribution in [3.63, 3.8) is 0 Å². The van der Waals surface area contributed by atoms with E-state index in [0.717, 1.165) is 32.2 Å². The van der Waals surface area contributed by atoms with Crippen molar-refractivity contribution in [3.8, 4) is 0 Å². The fourth-order valence-corrected chi connectivity index (χ4v) is 2.66. The number of carbonyl (C=O) groups excluding carboxylic acids is 1. The zero-order valence-corrected chi connectivity index (χ0v) is 13.1. The number of urea groups is 1. The second-order valence-electron chi connectivity index (χ2n) is 6.77.